The molecule has 0 aliphatic heterocycles. The molecule has 4 atom stereocenters. The summed E-state index contributed by atoms with van der Waals surface area (Å²) in [6.07, 6.45) is 5.42. The first-order valence-electron chi connectivity index (χ1n) is 6.51. The van der Waals surface area contributed by atoms with Gasteiger partial charge in [-0.1, -0.05) is 27.7 Å². The molecule has 1 heteroatoms. The summed E-state index contributed by atoms with van der Waals surface area (Å²) < 4.78 is 0. The molecule has 2 aliphatic carbocycles. The van der Waals surface area contributed by atoms with Gasteiger partial charge in [0.15, 0.2) is 0 Å². The molecule has 2 aliphatic rings. The summed E-state index contributed by atoms with van der Waals surface area (Å²) in [6, 6.07) is 0. The summed E-state index contributed by atoms with van der Waals surface area (Å²) in [5.41, 5.74) is 0.806. The molecule has 0 radical (unpaired) electrons. The molecule has 2 rings (SSSR count). The fourth-order valence-corrected chi connectivity index (χ4v) is 3.43. The highest BCUT2D eigenvalue weighted by Gasteiger charge is 2.52. The maximum Gasteiger partial charge on any atom is 0.0487 e. The first kappa shape index (κ1) is 11.4. The maximum atomic E-state index is 9.29. The molecule has 0 saturated heterocycles. The number of hydrogen-bond donors (Lipinski definition) is 1. The van der Waals surface area contributed by atoms with Crippen molar-refractivity contribution < 1.29 is 5.11 Å². The van der Waals surface area contributed by atoms with Gasteiger partial charge in [-0.15, -0.1) is 0 Å². The molecular formula is C14H26O. The average molecular weight is 210 g/mol. The predicted octanol–water partition coefficient (Wildman–Crippen LogP) is 3.47. The van der Waals surface area contributed by atoms with Crippen LogP contribution in [0.1, 0.15) is 53.4 Å². The average Bonchev–Trinajstić information content (AvgIpc) is 2.76. The topological polar surface area (TPSA) is 20.2 Å². The summed E-state index contributed by atoms with van der Waals surface area (Å²) in [4.78, 5) is 0. The van der Waals surface area contributed by atoms with E-state index in [2.05, 4.69) is 27.7 Å². The van der Waals surface area contributed by atoms with E-state index in [-0.39, 0.29) is 5.41 Å². The summed E-state index contributed by atoms with van der Waals surface area (Å²) in [5, 5.41) is 9.29. The monoisotopic (exact) mass is 210 g/mol. The van der Waals surface area contributed by atoms with E-state index >= 15 is 0 Å². The zero-order valence-corrected chi connectivity index (χ0v) is 10.7. The Labute approximate surface area is 94.3 Å². The third-order valence-electron chi connectivity index (χ3n) is 5.74. The molecule has 88 valence electrons. The summed E-state index contributed by atoms with van der Waals surface area (Å²) >= 11 is 0. The van der Waals surface area contributed by atoms with Gasteiger partial charge in [-0.2, -0.15) is 0 Å². The Balaban J connectivity index is 1.92. The highest BCUT2D eigenvalue weighted by molar-refractivity contribution is 5.02. The minimum absolute atomic E-state index is 0.280. The Morgan fingerprint density at radius 2 is 1.80 bits per heavy atom. The first-order valence-corrected chi connectivity index (χ1v) is 6.51. The Kier molecular flexibility index (Phi) is 2.65. The number of aliphatic hydroxyl groups is 1. The number of hydrogen-bond acceptors (Lipinski definition) is 1. The van der Waals surface area contributed by atoms with E-state index in [4.69, 9.17) is 0 Å². The van der Waals surface area contributed by atoms with Crippen molar-refractivity contribution in [1.29, 1.82) is 0 Å². The van der Waals surface area contributed by atoms with Gasteiger partial charge >= 0.3 is 0 Å². The van der Waals surface area contributed by atoms with Crippen LogP contribution in [0, 0.1) is 28.6 Å². The van der Waals surface area contributed by atoms with Crippen LogP contribution in [-0.4, -0.2) is 11.7 Å². The summed E-state index contributed by atoms with van der Waals surface area (Å²) in [7, 11) is 0. The van der Waals surface area contributed by atoms with Gasteiger partial charge < -0.3 is 5.11 Å². The quantitative estimate of drug-likeness (QED) is 0.756. The maximum absolute atomic E-state index is 9.29. The Morgan fingerprint density at radius 1 is 1.13 bits per heavy atom. The van der Waals surface area contributed by atoms with Gasteiger partial charge in [-0.3, -0.25) is 0 Å². The third kappa shape index (κ3) is 1.84. The SMILES string of the molecule is CC1CC[C@H](CC2CC2(C)CO)C1(C)C. The molecule has 0 aromatic carbocycles. The lowest BCUT2D eigenvalue weighted by Crippen LogP contribution is -2.24. The van der Waals surface area contributed by atoms with E-state index < -0.39 is 0 Å². The largest absolute Gasteiger partial charge is 0.396 e. The van der Waals surface area contributed by atoms with Crippen LogP contribution in [0.25, 0.3) is 0 Å². The second kappa shape index (κ2) is 3.48. The molecule has 0 amide bonds. The molecule has 0 bridgehead atoms. The van der Waals surface area contributed by atoms with Crippen molar-refractivity contribution in [3.05, 3.63) is 0 Å². The van der Waals surface area contributed by atoms with Gasteiger partial charge in [-0.25, -0.2) is 0 Å². The summed E-state index contributed by atoms with van der Waals surface area (Å²) in [6.45, 7) is 9.91. The smallest absolute Gasteiger partial charge is 0.0487 e. The van der Waals surface area contributed by atoms with Gasteiger partial charge in [0, 0.05) is 6.61 Å². The van der Waals surface area contributed by atoms with Crippen LogP contribution in [0.5, 0.6) is 0 Å². The standard InChI is InChI=1S/C14H26O/c1-10-5-6-11(13(10,2)3)7-12-8-14(12,4)9-15/h10-12,15H,5-9H2,1-4H3/t10?,11-,12?,14?/m1/s1. The van der Waals surface area contributed by atoms with Crippen molar-refractivity contribution >= 4 is 0 Å². The number of aliphatic hydroxyl groups excluding tert-OH is 1. The molecule has 1 N–H and O–H groups in total. The molecule has 2 saturated carbocycles. The van der Waals surface area contributed by atoms with E-state index in [1.165, 1.54) is 25.7 Å². The van der Waals surface area contributed by atoms with Gasteiger partial charge in [-0.05, 0) is 54.3 Å². The van der Waals surface area contributed by atoms with E-state index in [1.807, 2.05) is 0 Å². The Bertz CT molecular complexity index is 246. The van der Waals surface area contributed by atoms with Crippen LogP contribution in [0.3, 0.4) is 0 Å². The van der Waals surface area contributed by atoms with Crippen molar-refractivity contribution in [1.82, 2.24) is 0 Å². The van der Waals surface area contributed by atoms with E-state index in [9.17, 15) is 5.11 Å². The molecule has 0 heterocycles. The van der Waals surface area contributed by atoms with Gasteiger partial charge in [0.2, 0.25) is 0 Å². The molecular weight excluding hydrogens is 184 g/mol. The second-order valence-electron chi connectivity index (χ2n) is 6.95. The van der Waals surface area contributed by atoms with E-state index in [0.717, 1.165) is 17.8 Å². The van der Waals surface area contributed by atoms with E-state index in [0.29, 0.717) is 12.0 Å². The van der Waals surface area contributed by atoms with Crippen molar-refractivity contribution in [2.75, 3.05) is 6.61 Å². The first-order chi connectivity index (χ1) is 6.90. The zero-order chi connectivity index (χ0) is 11.3. The highest BCUT2D eigenvalue weighted by Crippen LogP contribution is 2.59. The summed E-state index contributed by atoms with van der Waals surface area (Å²) in [5.74, 6) is 2.57. The van der Waals surface area contributed by atoms with Crippen molar-refractivity contribution in [3.8, 4) is 0 Å². The fourth-order valence-electron chi connectivity index (χ4n) is 3.43. The Morgan fingerprint density at radius 3 is 2.20 bits per heavy atom. The minimum atomic E-state index is 0.280. The van der Waals surface area contributed by atoms with Crippen molar-refractivity contribution in [3.63, 3.8) is 0 Å². The lowest BCUT2D eigenvalue weighted by molar-refractivity contribution is 0.162. The van der Waals surface area contributed by atoms with Gasteiger partial charge in [0.25, 0.3) is 0 Å². The van der Waals surface area contributed by atoms with Crippen LogP contribution >= 0.6 is 0 Å². The lowest BCUT2D eigenvalue weighted by Gasteiger charge is -2.31. The third-order valence-corrected chi connectivity index (χ3v) is 5.74. The van der Waals surface area contributed by atoms with Crippen molar-refractivity contribution in [2.45, 2.75) is 53.4 Å². The van der Waals surface area contributed by atoms with Crippen molar-refractivity contribution in [2.24, 2.45) is 28.6 Å². The molecule has 15 heavy (non-hydrogen) atoms. The molecule has 0 aromatic heterocycles. The van der Waals surface area contributed by atoms with Gasteiger partial charge in [0.1, 0.15) is 0 Å². The van der Waals surface area contributed by atoms with E-state index in [1.54, 1.807) is 0 Å². The highest BCUT2D eigenvalue weighted by atomic mass is 16.3. The minimum Gasteiger partial charge on any atom is -0.396 e. The van der Waals surface area contributed by atoms with Gasteiger partial charge in [0.05, 0.1) is 0 Å². The van der Waals surface area contributed by atoms with Crippen LogP contribution in [0.2, 0.25) is 0 Å². The number of rotatable bonds is 3. The Hall–Kier alpha value is -0.0400. The van der Waals surface area contributed by atoms with Crippen LogP contribution in [0.15, 0.2) is 0 Å². The molecule has 0 spiro atoms. The normalized spacial score (nSPS) is 48.2. The predicted molar refractivity (Wildman–Crippen MR) is 63.6 cm³/mol. The zero-order valence-electron chi connectivity index (χ0n) is 10.7. The molecule has 1 nitrogen and oxygen atoms in total. The van der Waals surface area contributed by atoms with Crippen LogP contribution < -0.4 is 0 Å². The molecule has 0 aromatic rings. The molecule has 2 fully saturated rings. The van der Waals surface area contributed by atoms with Crippen LogP contribution in [-0.2, 0) is 0 Å². The van der Waals surface area contributed by atoms with Crippen LogP contribution in [0.4, 0.5) is 0 Å². The second-order valence-corrected chi connectivity index (χ2v) is 6.95. The molecule has 3 unspecified atom stereocenters. The fraction of sp³-hybridized carbons (Fsp3) is 1.00. The lowest BCUT2D eigenvalue weighted by atomic mass is 9.74.